The molecule has 0 aliphatic rings. The molecule has 0 spiro atoms. The van der Waals surface area contributed by atoms with E-state index in [0.717, 1.165) is 5.56 Å². The van der Waals surface area contributed by atoms with Crippen LogP contribution in [0.5, 0.6) is 5.75 Å². The maximum Gasteiger partial charge on any atom is 0.170 e. The minimum atomic E-state index is 0. The maximum absolute atomic E-state index is 6.25. The summed E-state index contributed by atoms with van der Waals surface area (Å²) in [5, 5.41) is 7.95. The van der Waals surface area contributed by atoms with Crippen LogP contribution in [0.15, 0.2) is 46.7 Å². The van der Waals surface area contributed by atoms with E-state index < -0.39 is 0 Å². The first-order chi connectivity index (χ1) is 12.5. The van der Waals surface area contributed by atoms with Crippen LogP contribution in [0.2, 0.25) is 10.0 Å². The van der Waals surface area contributed by atoms with E-state index in [0.29, 0.717) is 26.9 Å². The fraction of sp³-hybridized carbons (Fsp3) is 0.176. The minimum absolute atomic E-state index is 0. The van der Waals surface area contributed by atoms with Gasteiger partial charge in [-0.1, -0.05) is 51.7 Å². The molecule has 0 amide bonds. The monoisotopic (exact) mass is 540 g/mol. The lowest BCUT2D eigenvalue weighted by Crippen LogP contribution is -2.14. The summed E-state index contributed by atoms with van der Waals surface area (Å²) in [4.78, 5) is 9.31. The lowest BCUT2D eigenvalue weighted by Gasteiger charge is -2.12. The Bertz CT molecular complexity index is 829. The number of rotatable bonds is 7. The van der Waals surface area contributed by atoms with Crippen molar-refractivity contribution in [1.82, 2.24) is 0 Å². The number of benzene rings is 2. The third-order valence-electron chi connectivity index (χ3n) is 3.28. The molecule has 2 aromatic carbocycles. The summed E-state index contributed by atoms with van der Waals surface area (Å²) in [6.07, 6.45) is 0. The molecule has 170 valence electrons. The Kier molecular flexibility index (Phi) is 18.0. The molecule has 30 heavy (non-hydrogen) atoms. The van der Waals surface area contributed by atoms with Gasteiger partial charge in [0.25, 0.3) is 0 Å². The Balaban J connectivity index is -0.00000182. The zero-order valence-electron chi connectivity index (χ0n) is 15.8. The molecule has 0 heterocycles. The van der Waals surface area contributed by atoms with Crippen molar-refractivity contribution >= 4 is 84.5 Å². The molecule has 2 rings (SSSR count). The molecule has 0 bridgehead atoms. The van der Waals surface area contributed by atoms with E-state index in [2.05, 4.69) is 20.0 Å². The molecule has 0 aromatic heterocycles. The van der Waals surface area contributed by atoms with Crippen LogP contribution in [0, 0.1) is 0 Å². The summed E-state index contributed by atoms with van der Waals surface area (Å²) in [5.74, 6) is 0.761. The standard InChI is InChI=1S/C17H18Cl2N4O3.4ClH/c1-24-22-16(20)11-5-3-4-10(6-11)9-26-15-13(18)7-12(8-14(15)19)17(21)23-25-2;;;;/h3-8H,9H2,1-2H3,(H2,20,22)(H2,21,23);4*1H. The molecule has 4 N–H and O–H groups in total. The molecule has 2 aromatic rings. The number of hydrogen-bond acceptors (Lipinski definition) is 5. The number of oxime groups is 2. The van der Waals surface area contributed by atoms with Gasteiger partial charge in [-0.15, -0.1) is 49.6 Å². The number of ether oxygens (including phenoxy) is 1. The first-order valence-electron chi connectivity index (χ1n) is 7.41. The van der Waals surface area contributed by atoms with Gasteiger partial charge in [0.05, 0.1) is 10.0 Å². The number of nitrogens with zero attached hydrogens (tertiary/aromatic N) is 2. The predicted octanol–water partition coefficient (Wildman–Crippen LogP) is 4.79. The van der Waals surface area contributed by atoms with Crippen LogP contribution in [-0.2, 0) is 16.3 Å². The molecule has 0 atom stereocenters. The second kappa shape index (κ2) is 16.2. The third kappa shape index (κ3) is 9.12. The summed E-state index contributed by atoms with van der Waals surface area (Å²) in [6.45, 7) is 0.231. The summed E-state index contributed by atoms with van der Waals surface area (Å²) in [6, 6.07) is 10.6. The van der Waals surface area contributed by atoms with Crippen LogP contribution in [-0.4, -0.2) is 25.9 Å². The molecule has 7 nitrogen and oxygen atoms in total. The van der Waals surface area contributed by atoms with Gasteiger partial charge in [-0.3, -0.25) is 0 Å². The molecular formula is C17H22Cl6N4O3. The third-order valence-corrected chi connectivity index (χ3v) is 3.84. The maximum atomic E-state index is 6.25. The summed E-state index contributed by atoms with van der Waals surface area (Å²) in [7, 11) is 2.82. The van der Waals surface area contributed by atoms with Crippen molar-refractivity contribution in [3.05, 3.63) is 63.1 Å². The lowest BCUT2D eigenvalue weighted by atomic mass is 10.1. The first kappa shape index (κ1) is 33.2. The highest BCUT2D eigenvalue weighted by atomic mass is 35.5. The van der Waals surface area contributed by atoms with Crippen LogP contribution in [0.25, 0.3) is 0 Å². The largest absolute Gasteiger partial charge is 0.486 e. The summed E-state index contributed by atoms with van der Waals surface area (Å²) >= 11 is 12.5. The highest BCUT2D eigenvalue weighted by Gasteiger charge is 2.13. The van der Waals surface area contributed by atoms with Crippen molar-refractivity contribution < 1.29 is 14.4 Å². The minimum Gasteiger partial charge on any atom is -0.486 e. The average molecular weight is 543 g/mol. The molecule has 0 aliphatic carbocycles. The molecule has 0 fully saturated rings. The highest BCUT2D eigenvalue weighted by Crippen LogP contribution is 2.34. The molecule has 13 heteroatoms. The topological polar surface area (TPSA) is 104 Å². The van der Waals surface area contributed by atoms with Gasteiger partial charge in [0.15, 0.2) is 17.4 Å². The van der Waals surface area contributed by atoms with Crippen LogP contribution < -0.4 is 16.2 Å². The summed E-state index contributed by atoms with van der Waals surface area (Å²) in [5.41, 5.74) is 13.7. The van der Waals surface area contributed by atoms with Gasteiger partial charge in [0, 0.05) is 11.1 Å². The van der Waals surface area contributed by atoms with E-state index >= 15 is 0 Å². The zero-order valence-corrected chi connectivity index (χ0v) is 20.6. The fourth-order valence-electron chi connectivity index (χ4n) is 2.12. The van der Waals surface area contributed by atoms with E-state index in [1.54, 1.807) is 12.1 Å². The van der Waals surface area contributed by atoms with Crippen molar-refractivity contribution in [1.29, 1.82) is 0 Å². The Morgan fingerprint density at radius 1 is 0.833 bits per heavy atom. The average Bonchev–Trinajstić information content (AvgIpc) is 2.61. The van der Waals surface area contributed by atoms with Gasteiger partial charge >= 0.3 is 0 Å². The van der Waals surface area contributed by atoms with E-state index in [4.69, 9.17) is 39.4 Å². The normalized spacial score (nSPS) is 10.4. The Hall–Kier alpha value is -1.48. The Morgan fingerprint density at radius 2 is 1.33 bits per heavy atom. The van der Waals surface area contributed by atoms with Crippen molar-refractivity contribution in [2.45, 2.75) is 6.61 Å². The molecular weight excluding hydrogens is 521 g/mol. The molecule has 0 aliphatic heterocycles. The molecule has 0 radical (unpaired) electrons. The van der Waals surface area contributed by atoms with Crippen LogP contribution in [0.3, 0.4) is 0 Å². The van der Waals surface area contributed by atoms with Gasteiger partial charge in [0.1, 0.15) is 20.8 Å². The second-order valence-corrected chi connectivity index (χ2v) is 5.89. The lowest BCUT2D eigenvalue weighted by molar-refractivity contribution is 0.213. The van der Waals surface area contributed by atoms with Crippen molar-refractivity contribution in [2.75, 3.05) is 14.2 Å². The van der Waals surface area contributed by atoms with Crippen molar-refractivity contribution in [3.8, 4) is 5.75 Å². The quantitative estimate of drug-likeness (QED) is 0.297. The first-order valence-corrected chi connectivity index (χ1v) is 8.16. The van der Waals surface area contributed by atoms with E-state index in [-0.39, 0.29) is 67.9 Å². The number of hydrogen-bond donors (Lipinski definition) is 2. The van der Waals surface area contributed by atoms with Crippen molar-refractivity contribution in [3.63, 3.8) is 0 Å². The Morgan fingerprint density at radius 3 is 1.83 bits per heavy atom. The fourth-order valence-corrected chi connectivity index (χ4v) is 2.72. The van der Waals surface area contributed by atoms with Gasteiger partial charge < -0.3 is 25.9 Å². The van der Waals surface area contributed by atoms with Crippen LogP contribution in [0.4, 0.5) is 0 Å². The number of amidine groups is 2. The predicted molar refractivity (Wildman–Crippen MR) is 132 cm³/mol. The van der Waals surface area contributed by atoms with Crippen LogP contribution >= 0.6 is 72.8 Å². The highest BCUT2D eigenvalue weighted by molar-refractivity contribution is 6.37. The van der Waals surface area contributed by atoms with E-state index in [9.17, 15) is 0 Å². The molecule has 0 saturated carbocycles. The summed E-state index contributed by atoms with van der Waals surface area (Å²) < 4.78 is 5.76. The SMILES string of the molecule is CO/N=C(\N)c1cccc(COc2c(Cl)cc(/C(N)=N/OC)cc2Cl)c1.Cl.Cl.Cl.Cl. The number of nitrogens with two attached hydrogens (primary N) is 2. The smallest absolute Gasteiger partial charge is 0.170 e. The van der Waals surface area contributed by atoms with Gasteiger partial charge in [0.2, 0.25) is 0 Å². The van der Waals surface area contributed by atoms with E-state index in [1.807, 2.05) is 24.3 Å². The zero-order chi connectivity index (χ0) is 19.1. The van der Waals surface area contributed by atoms with E-state index in [1.165, 1.54) is 14.2 Å². The molecule has 0 unspecified atom stereocenters. The van der Waals surface area contributed by atoms with Gasteiger partial charge in [-0.25, -0.2) is 0 Å². The second-order valence-electron chi connectivity index (χ2n) is 5.08. The molecule has 0 saturated heterocycles. The van der Waals surface area contributed by atoms with Crippen molar-refractivity contribution in [2.24, 2.45) is 21.8 Å². The van der Waals surface area contributed by atoms with Gasteiger partial charge in [-0.05, 0) is 23.8 Å². The van der Waals surface area contributed by atoms with Gasteiger partial charge in [-0.2, -0.15) is 0 Å². The van der Waals surface area contributed by atoms with Crippen LogP contribution in [0.1, 0.15) is 16.7 Å². The Labute approximate surface area is 209 Å². The number of halogens is 6.